The van der Waals surface area contributed by atoms with Crippen molar-refractivity contribution in [2.24, 2.45) is 5.92 Å². The molecule has 1 aliphatic heterocycles. The highest BCUT2D eigenvalue weighted by molar-refractivity contribution is 7.89. The molecule has 0 bridgehead atoms. The fourth-order valence-corrected chi connectivity index (χ4v) is 5.16. The average molecular weight is 396 g/mol. The second kappa shape index (κ2) is 9.66. The SMILES string of the molecule is CC(C)N(CCNC(=O)C1CCN(S(=O)(=O)c2ccccc2)CC1)C(C)C. The highest BCUT2D eigenvalue weighted by Crippen LogP contribution is 2.23. The van der Waals surface area contributed by atoms with E-state index in [1.807, 2.05) is 0 Å². The molecular formula is C20H33N3O3S. The van der Waals surface area contributed by atoms with E-state index in [4.69, 9.17) is 0 Å². The fraction of sp³-hybridized carbons (Fsp3) is 0.650. The van der Waals surface area contributed by atoms with Gasteiger partial charge in [-0.3, -0.25) is 9.69 Å². The number of nitrogens with zero attached hydrogens (tertiary/aromatic N) is 2. The van der Waals surface area contributed by atoms with Crippen molar-refractivity contribution in [2.45, 2.75) is 57.5 Å². The predicted octanol–water partition coefficient (Wildman–Crippen LogP) is 2.32. The molecule has 0 radical (unpaired) electrons. The van der Waals surface area contributed by atoms with Gasteiger partial charge in [0.25, 0.3) is 0 Å². The van der Waals surface area contributed by atoms with Crippen molar-refractivity contribution in [3.05, 3.63) is 30.3 Å². The lowest BCUT2D eigenvalue weighted by atomic mass is 9.97. The monoisotopic (exact) mass is 395 g/mol. The first kappa shape index (κ1) is 21.9. The van der Waals surface area contributed by atoms with Crippen LogP contribution in [0.2, 0.25) is 0 Å². The van der Waals surface area contributed by atoms with Crippen molar-refractivity contribution in [1.82, 2.24) is 14.5 Å². The van der Waals surface area contributed by atoms with Crippen LogP contribution in [0.25, 0.3) is 0 Å². The van der Waals surface area contributed by atoms with E-state index < -0.39 is 10.0 Å². The molecule has 0 aliphatic carbocycles. The lowest BCUT2D eigenvalue weighted by molar-refractivity contribution is -0.126. The third-order valence-corrected chi connectivity index (χ3v) is 7.11. The van der Waals surface area contributed by atoms with Crippen LogP contribution in [-0.4, -0.2) is 61.8 Å². The van der Waals surface area contributed by atoms with E-state index in [-0.39, 0.29) is 11.8 Å². The van der Waals surface area contributed by atoms with Crippen molar-refractivity contribution < 1.29 is 13.2 Å². The highest BCUT2D eigenvalue weighted by atomic mass is 32.2. The molecule has 1 amide bonds. The standard InChI is InChI=1S/C20H33N3O3S/c1-16(2)23(17(3)4)15-12-21-20(24)18-10-13-22(14-11-18)27(25,26)19-8-6-5-7-9-19/h5-9,16-18H,10-15H2,1-4H3,(H,21,24). The molecule has 1 saturated heterocycles. The van der Waals surface area contributed by atoms with Gasteiger partial charge < -0.3 is 5.32 Å². The van der Waals surface area contributed by atoms with Gasteiger partial charge in [0, 0.05) is 44.2 Å². The van der Waals surface area contributed by atoms with E-state index in [0.717, 1.165) is 6.54 Å². The number of hydrogen-bond acceptors (Lipinski definition) is 4. The fourth-order valence-electron chi connectivity index (χ4n) is 3.67. The Morgan fingerprint density at radius 1 is 1.11 bits per heavy atom. The molecule has 0 atom stereocenters. The molecule has 0 aromatic heterocycles. The van der Waals surface area contributed by atoms with Crippen LogP contribution in [0.15, 0.2) is 35.2 Å². The first-order chi connectivity index (χ1) is 12.7. The topological polar surface area (TPSA) is 69.7 Å². The van der Waals surface area contributed by atoms with Gasteiger partial charge in [-0.05, 0) is 52.7 Å². The molecule has 1 N–H and O–H groups in total. The van der Waals surface area contributed by atoms with Crippen LogP contribution in [0.5, 0.6) is 0 Å². The summed E-state index contributed by atoms with van der Waals surface area (Å²) >= 11 is 0. The van der Waals surface area contributed by atoms with E-state index >= 15 is 0 Å². The lowest BCUT2D eigenvalue weighted by Gasteiger charge is -2.32. The van der Waals surface area contributed by atoms with E-state index in [1.165, 1.54) is 4.31 Å². The zero-order valence-corrected chi connectivity index (χ0v) is 17.7. The summed E-state index contributed by atoms with van der Waals surface area (Å²) < 4.78 is 26.8. The van der Waals surface area contributed by atoms with Gasteiger partial charge in [0.15, 0.2) is 0 Å². The number of piperidine rings is 1. The Hall–Kier alpha value is -1.44. The van der Waals surface area contributed by atoms with Gasteiger partial charge >= 0.3 is 0 Å². The second-order valence-corrected chi connectivity index (χ2v) is 9.65. The number of carbonyl (C=O) groups excluding carboxylic acids is 1. The summed E-state index contributed by atoms with van der Waals surface area (Å²) in [5, 5.41) is 3.03. The minimum atomic E-state index is -3.46. The summed E-state index contributed by atoms with van der Waals surface area (Å²) in [6, 6.07) is 9.36. The molecule has 1 aliphatic rings. The zero-order chi connectivity index (χ0) is 20.0. The summed E-state index contributed by atoms with van der Waals surface area (Å²) in [4.78, 5) is 15.1. The van der Waals surface area contributed by atoms with Gasteiger partial charge in [0.2, 0.25) is 15.9 Å². The molecule has 27 heavy (non-hydrogen) atoms. The van der Waals surface area contributed by atoms with E-state index in [0.29, 0.717) is 49.5 Å². The minimum absolute atomic E-state index is 0.0409. The van der Waals surface area contributed by atoms with Gasteiger partial charge in [-0.15, -0.1) is 0 Å². The van der Waals surface area contributed by atoms with Crippen molar-refractivity contribution >= 4 is 15.9 Å². The Labute approximate surface area is 164 Å². The zero-order valence-electron chi connectivity index (χ0n) is 16.9. The summed E-state index contributed by atoms with van der Waals surface area (Å²) in [7, 11) is -3.46. The van der Waals surface area contributed by atoms with Crippen molar-refractivity contribution in [2.75, 3.05) is 26.2 Å². The van der Waals surface area contributed by atoms with Gasteiger partial charge in [-0.2, -0.15) is 4.31 Å². The smallest absolute Gasteiger partial charge is 0.243 e. The molecule has 0 saturated carbocycles. The Morgan fingerprint density at radius 3 is 2.19 bits per heavy atom. The molecule has 1 aromatic carbocycles. The Balaban J connectivity index is 1.82. The molecule has 0 spiro atoms. The summed E-state index contributed by atoms with van der Waals surface area (Å²) in [5.74, 6) is -0.0713. The van der Waals surface area contributed by atoms with Crippen LogP contribution in [0.3, 0.4) is 0 Å². The van der Waals surface area contributed by atoms with Crippen molar-refractivity contribution in [3.8, 4) is 0 Å². The van der Waals surface area contributed by atoms with Crippen LogP contribution >= 0.6 is 0 Å². The summed E-state index contributed by atoms with van der Waals surface area (Å²) in [6.07, 6.45) is 1.13. The van der Waals surface area contributed by atoms with Crippen molar-refractivity contribution in [3.63, 3.8) is 0 Å². The number of benzene rings is 1. The first-order valence-electron chi connectivity index (χ1n) is 9.82. The summed E-state index contributed by atoms with van der Waals surface area (Å²) in [6.45, 7) is 10.9. The summed E-state index contributed by atoms with van der Waals surface area (Å²) in [5.41, 5.74) is 0. The number of hydrogen-bond donors (Lipinski definition) is 1. The van der Waals surface area contributed by atoms with Gasteiger partial charge in [0.1, 0.15) is 0 Å². The van der Waals surface area contributed by atoms with Crippen molar-refractivity contribution in [1.29, 1.82) is 0 Å². The number of carbonyl (C=O) groups is 1. The van der Waals surface area contributed by atoms with E-state index in [9.17, 15) is 13.2 Å². The van der Waals surface area contributed by atoms with Crippen LogP contribution in [0.4, 0.5) is 0 Å². The Bertz CT molecular complexity index is 688. The first-order valence-corrected chi connectivity index (χ1v) is 11.3. The van der Waals surface area contributed by atoms with E-state index in [2.05, 4.69) is 37.9 Å². The molecule has 1 fully saturated rings. The number of amides is 1. The quantitative estimate of drug-likeness (QED) is 0.733. The van der Waals surface area contributed by atoms with E-state index in [1.54, 1.807) is 30.3 Å². The third-order valence-electron chi connectivity index (χ3n) is 5.20. The minimum Gasteiger partial charge on any atom is -0.355 e. The largest absolute Gasteiger partial charge is 0.355 e. The van der Waals surface area contributed by atoms with Crippen LogP contribution < -0.4 is 5.32 Å². The molecule has 7 heteroatoms. The lowest BCUT2D eigenvalue weighted by Crippen LogP contribution is -2.46. The predicted molar refractivity (Wildman–Crippen MR) is 108 cm³/mol. The van der Waals surface area contributed by atoms with Gasteiger partial charge in [-0.25, -0.2) is 8.42 Å². The number of nitrogens with one attached hydrogen (secondary N) is 1. The number of sulfonamides is 1. The number of rotatable bonds is 8. The van der Waals surface area contributed by atoms with Crippen LogP contribution in [0.1, 0.15) is 40.5 Å². The molecule has 0 unspecified atom stereocenters. The van der Waals surface area contributed by atoms with Gasteiger partial charge in [0.05, 0.1) is 4.90 Å². The third kappa shape index (κ3) is 5.77. The highest BCUT2D eigenvalue weighted by Gasteiger charge is 2.31. The van der Waals surface area contributed by atoms with Crippen LogP contribution in [-0.2, 0) is 14.8 Å². The second-order valence-electron chi connectivity index (χ2n) is 7.71. The Kier molecular flexibility index (Phi) is 7.82. The maximum atomic E-state index is 12.7. The molecule has 1 heterocycles. The molecular weight excluding hydrogens is 362 g/mol. The maximum Gasteiger partial charge on any atom is 0.243 e. The molecule has 152 valence electrons. The van der Waals surface area contributed by atoms with Crippen LogP contribution in [0, 0.1) is 5.92 Å². The molecule has 2 rings (SSSR count). The average Bonchev–Trinajstić information content (AvgIpc) is 2.65. The molecule has 1 aromatic rings. The normalized spacial score (nSPS) is 17.0. The Morgan fingerprint density at radius 2 is 1.67 bits per heavy atom. The molecule has 6 nitrogen and oxygen atoms in total. The maximum absolute atomic E-state index is 12.7. The van der Waals surface area contributed by atoms with Gasteiger partial charge in [-0.1, -0.05) is 18.2 Å².